The van der Waals surface area contributed by atoms with Gasteiger partial charge in [-0.1, -0.05) is 30.3 Å². The third kappa shape index (κ3) is 1.88. The maximum atomic E-state index is 3.51. The number of hydrogen-bond donors (Lipinski definition) is 1. The van der Waals surface area contributed by atoms with Crippen molar-refractivity contribution < 1.29 is 0 Å². The van der Waals surface area contributed by atoms with Gasteiger partial charge in [-0.25, -0.2) is 0 Å². The number of nitrogens with one attached hydrogen (secondary N) is 1. The van der Waals surface area contributed by atoms with E-state index >= 15 is 0 Å². The first-order valence-corrected chi connectivity index (χ1v) is 7.24. The molecule has 2 saturated heterocycles. The minimum Gasteiger partial charge on any atom is -0.317 e. The van der Waals surface area contributed by atoms with E-state index < -0.39 is 0 Å². The molecule has 98 valence electrons. The summed E-state index contributed by atoms with van der Waals surface area (Å²) in [7, 11) is 0. The molecule has 0 amide bonds. The van der Waals surface area contributed by atoms with Crippen molar-refractivity contribution >= 4 is 0 Å². The largest absolute Gasteiger partial charge is 0.317 e. The van der Waals surface area contributed by atoms with Crippen molar-refractivity contribution in [1.82, 2.24) is 10.2 Å². The second-order valence-electron chi connectivity index (χ2n) is 6.19. The van der Waals surface area contributed by atoms with E-state index in [1.807, 2.05) is 0 Å². The number of piperidine rings is 1. The van der Waals surface area contributed by atoms with E-state index in [1.165, 1.54) is 38.0 Å². The maximum absolute atomic E-state index is 3.51. The fourth-order valence-corrected chi connectivity index (χ4v) is 3.80. The van der Waals surface area contributed by atoms with Crippen LogP contribution in [0.5, 0.6) is 0 Å². The lowest BCUT2D eigenvalue weighted by atomic mass is 9.63. The zero-order chi connectivity index (χ0) is 12.6. The van der Waals surface area contributed by atoms with Gasteiger partial charge in [-0.05, 0) is 45.3 Å². The molecule has 1 aromatic rings. The molecule has 2 aliphatic rings. The Bertz CT molecular complexity index is 393. The highest BCUT2D eigenvalue weighted by Gasteiger charge is 2.53. The fraction of sp³-hybridized carbons (Fsp3) is 0.625. The predicted molar refractivity (Wildman–Crippen MR) is 75.6 cm³/mol. The lowest BCUT2D eigenvalue weighted by Gasteiger charge is -2.61. The average Bonchev–Trinajstić information content (AvgIpc) is 2.38. The molecule has 2 aliphatic heterocycles. The highest BCUT2D eigenvalue weighted by molar-refractivity contribution is 5.26. The van der Waals surface area contributed by atoms with Crippen LogP contribution >= 0.6 is 0 Å². The summed E-state index contributed by atoms with van der Waals surface area (Å²) in [5.74, 6) is 0. The van der Waals surface area contributed by atoms with E-state index in [9.17, 15) is 0 Å². The molecule has 0 saturated carbocycles. The first-order valence-electron chi connectivity index (χ1n) is 7.24. The quantitative estimate of drug-likeness (QED) is 0.860. The molecule has 18 heavy (non-hydrogen) atoms. The van der Waals surface area contributed by atoms with E-state index in [2.05, 4.69) is 54.4 Å². The number of benzene rings is 1. The Morgan fingerprint density at radius 1 is 1.17 bits per heavy atom. The van der Waals surface area contributed by atoms with E-state index in [0.29, 0.717) is 17.5 Å². The first kappa shape index (κ1) is 12.2. The molecule has 3 rings (SSSR count). The van der Waals surface area contributed by atoms with Crippen molar-refractivity contribution in [3.63, 3.8) is 0 Å². The van der Waals surface area contributed by atoms with Crippen LogP contribution in [0.3, 0.4) is 0 Å². The van der Waals surface area contributed by atoms with Gasteiger partial charge in [-0.15, -0.1) is 0 Å². The Morgan fingerprint density at radius 3 is 2.44 bits per heavy atom. The molecule has 2 heterocycles. The normalized spacial score (nSPS) is 27.4. The number of hydrogen-bond acceptors (Lipinski definition) is 2. The monoisotopic (exact) mass is 244 g/mol. The highest BCUT2D eigenvalue weighted by Crippen LogP contribution is 2.54. The summed E-state index contributed by atoms with van der Waals surface area (Å²) in [6.45, 7) is 8.31. The molecule has 2 nitrogen and oxygen atoms in total. The summed E-state index contributed by atoms with van der Waals surface area (Å²) in [5, 5.41) is 3.51. The molecular weight excluding hydrogens is 220 g/mol. The van der Waals surface area contributed by atoms with Gasteiger partial charge in [-0.2, -0.15) is 0 Å². The SMILES string of the molecule is CC(C)N1CC2(CCNCC2)[C@@H]1c1ccccc1. The highest BCUT2D eigenvalue weighted by atomic mass is 15.3. The summed E-state index contributed by atoms with van der Waals surface area (Å²) in [6.07, 6.45) is 2.66. The Hall–Kier alpha value is -0.860. The lowest BCUT2D eigenvalue weighted by Crippen LogP contribution is -2.63. The predicted octanol–water partition coefficient (Wildman–Crippen LogP) is 2.82. The molecule has 1 spiro atoms. The van der Waals surface area contributed by atoms with Crippen molar-refractivity contribution in [3.8, 4) is 0 Å². The molecule has 0 aromatic heterocycles. The van der Waals surface area contributed by atoms with Gasteiger partial charge in [0, 0.05) is 24.0 Å². The Balaban J connectivity index is 1.89. The third-order valence-corrected chi connectivity index (χ3v) is 4.79. The van der Waals surface area contributed by atoms with Crippen LogP contribution in [0, 0.1) is 5.41 Å². The van der Waals surface area contributed by atoms with Gasteiger partial charge in [0.25, 0.3) is 0 Å². The molecule has 0 unspecified atom stereocenters. The number of nitrogens with zero attached hydrogens (tertiary/aromatic N) is 1. The fourth-order valence-electron chi connectivity index (χ4n) is 3.80. The van der Waals surface area contributed by atoms with Crippen LogP contribution in [-0.4, -0.2) is 30.6 Å². The van der Waals surface area contributed by atoms with Crippen LogP contribution in [-0.2, 0) is 0 Å². The minimum absolute atomic E-state index is 0.539. The van der Waals surface area contributed by atoms with Gasteiger partial charge in [0.2, 0.25) is 0 Å². The minimum atomic E-state index is 0.539. The van der Waals surface area contributed by atoms with E-state index in [0.717, 1.165) is 0 Å². The molecule has 1 N–H and O–H groups in total. The van der Waals surface area contributed by atoms with Crippen molar-refractivity contribution in [2.75, 3.05) is 19.6 Å². The van der Waals surface area contributed by atoms with Crippen molar-refractivity contribution in [3.05, 3.63) is 35.9 Å². The van der Waals surface area contributed by atoms with E-state index in [-0.39, 0.29) is 0 Å². The summed E-state index contributed by atoms with van der Waals surface area (Å²) in [6, 6.07) is 12.4. The van der Waals surface area contributed by atoms with Gasteiger partial charge in [-0.3, -0.25) is 4.90 Å². The molecule has 0 radical (unpaired) electrons. The standard InChI is InChI=1S/C16H24N2/c1-13(2)18-12-16(8-10-17-11-9-16)15(18)14-6-4-3-5-7-14/h3-7,13,15,17H,8-12H2,1-2H3/t15-/m0/s1. The molecule has 0 bridgehead atoms. The summed E-state index contributed by atoms with van der Waals surface area (Å²) in [5.41, 5.74) is 2.05. The summed E-state index contributed by atoms with van der Waals surface area (Å²) in [4.78, 5) is 2.67. The maximum Gasteiger partial charge on any atom is 0.0420 e. The smallest absolute Gasteiger partial charge is 0.0420 e. The Labute approximate surface area is 110 Å². The average molecular weight is 244 g/mol. The first-order chi connectivity index (χ1) is 8.73. The topological polar surface area (TPSA) is 15.3 Å². The van der Waals surface area contributed by atoms with Crippen LogP contribution in [0.15, 0.2) is 30.3 Å². The third-order valence-electron chi connectivity index (χ3n) is 4.79. The molecule has 2 heteroatoms. The van der Waals surface area contributed by atoms with E-state index in [1.54, 1.807) is 0 Å². The summed E-state index contributed by atoms with van der Waals surface area (Å²) < 4.78 is 0. The molecule has 2 fully saturated rings. The van der Waals surface area contributed by atoms with Crippen molar-refractivity contribution in [2.24, 2.45) is 5.41 Å². The van der Waals surface area contributed by atoms with Crippen LogP contribution < -0.4 is 5.32 Å². The van der Waals surface area contributed by atoms with Crippen molar-refractivity contribution in [2.45, 2.75) is 38.8 Å². The second kappa shape index (κ2) is 4.67. The molecular formula is C16H24N2. The van der Waals surface area contributed by atoms with Gasteiger partial charge in [0.1, 0.15) is 0 Å². The molecule has 1 aromatic carbocycles. The lowest BCUT2D eigenvalue weighted by molar-refractivity contribution is -0.113. The summed E-state index contributed by atoms with van der Waals surface area (Å²) >= 11 is 0. The van der Waals surface area contributed by atoms with Gasteiger partial charge in [0.05, 0.1) is 0 Å². The second-order valence-corrected chi connectivity index (χ2v) is 6.19. The van der Waals surface area contributed by atoms with Crippen LogP contribution in [0.1, 0.15) is 38.3 Å². The van der Waals surface area contributed by atoms with E-state index in [4.69, 9.17) is 0 Å². The van der Waals surface area contributed by atoms with Gasteiger partial charge in [0.15, 0.2) is 0 Å². The van der Waals surface area contributed by atoms with Gasteiger partial charge >= 0.3 is 0 Å². The number of rotatable bonds is 2. The Kier molecular flexibility index (Phi) is 3.16. The van der Waals surface area contributed by atoms with Crippen LogP contribution in [0.25, 0.3) is 0 Å². The molecule has 1 atom stereocenters. The zero-order valence-electron chi connectivity index (χ0n) is 11.5. The van der Waals surface area contributed by atoms with Crippen LogP contribution in [0.4, 0.5) is 0 Å². The molecule has 0 aliphatic carbocycles. The zero-order valence-corrected chi connectivity index (χ0v) is 11.5. The number of likely N-dealkylation sites (tertiary alicyclic amines) is 1. The van der Waals surface area contributed by atoms with Gasteiger partial charge < -0.3 is 5.32 Å². The van der Waals surface area contributed by atoms with Crippen molar-refractivity contribution in [1.29, 1.82) is 0 Å². The van der Waals surface area contributed by atoms with Crippen LogP contribution in [0.2, 0.25) is 0 Å². The Morgan fingerprint density at radius 2 is 1.83 bits per heavy atom.